The van der Waals surface area contributed by atoms with E-state index in [-0.39, 0.29) is 11.7 Å². The Kier molecular flexibility index (Phi) is 11.8. The van der Waals surface area contributed by atoms with E-state index in [4.69, 9.17) is 4.74 Å². The van der Waals surface area contributed by atoms with E-state index in [1.807, 2.05) is 13.8 Å². The molecule has 1 aromatic rings. The van der Waals surface area contributed by atoms with Crippen molar-refractivity contribution in [1.29, 1.82) is 0 Å². The third kappa shape index (κ3) is 9.04. The molecule has 0 spiro atoms. The highest BCUT2D eigenvalue weighted by atomic mass is 16.5. The van der Waals surface area contributed by atoms with Crippen LogP contribution in [-0.2, 0) is 6.42 Å². The molecule has 0 fully saturated rings. The number of hydrogen-bond donors (Lipinski definition) is 1. The lowest BCUT2D eigenvalue weighted by Gasteiger charge is -2.20. The zero-order valence-corrected chi connectivity index (χ0v) is 20.5. The van der Waals surface area contributed by atoms with E-state index in [1.165, 1.54) is 16.7 Å². The number of phenolic OH excluding ortho intramolecular Hbond substituents is 1. The van der Waals surface area contributed by atoms with E-state index >= 15 is 0 Å². The number of carbonyl (C=O) groups excluding carboxylic acids is 1. The van der Waals surface area contributed by atoms with Crippen molar-refractivity contribution in [2.75, 3.05) is 20.2 Å². The fourth-order valence-corrected chi connectivity index (χ4v) is 3.45. The van der Waals surface area contributed by atoms with Crippen LogP contribution in [0.4, 0.5) is 0 Å². The SMILES string of the molecule is CCN(CC)C(=O)c1cc(O)c(C/C=C(\C)CC/C=C(\C)CCC=C(C)C)c(OC)c1. The molecule has 0 saturated heterocycles. The maximum atomic E-state index is 12.6. The fraction of sp³-hybridized carbons (Fsp3) is 0.519. The number of hydrogen-bond acceptors (Lipinski definition) is 3. The molecule has 1 N–H and O–H groups in total. The third-order valence-electron chi connectivity index (χ3n) is 5.48. The van der Waals surface area contributed by atoms with Crippen molar-refractivity contribution in [3.63, 3.8) is 0 Å². The van der Waals surface area contributed by atoms with Crippen LogP contribution in [-0.4, -0.2) is 36.1 Å². The van der Waals surface area contributed by atoms with Gasteiger partial charge in [0.05, 0.1) is 7.11 Å². The van der Waals surface area contributed by atoms with Gasteiger partial charge in [-0.15, -0.1) is 0 Å². The van der Waals surface area contributed by atoms with Crippen LogP contribution in [0.15, 0.2) is 47.1 Å². The van der Waals surface area contributed by atoms with Crippen LogP contribution >= 0.6 is 0 Å². The second-order valence-electron chi connectivity index (χ2n) is 8.32. The lowest BCUT2D eigenvalue weighted by atomic mass is 10.0. The predicted molar refractivity (Wildman–Crippen MR) is 131 cm³/mol. The Labute approximate surface area is 189 Å². The van der Waals surface area contributed by atoms with Gasteiger partial charge in [0, 0.05) is 24.2 Å². The van der Waals surface area contributed by atoms with Crippen LogP contribution in [0.2, 0.25) is 0 Å². The summed E-state index contributed by atoms with van der Waals surface area (Å²) < 4.78 is 5.49. The van der Waals surface area contributed by atoms with Gasteiger partial charge in [-0.3, -0.25) is 4.79 Å². The first-order chi connectivity index (χ1) is 14.7. The van der Waals surface area contributed by atoms with Crippen molar-refractivity contribution in [2.24, 2.45) is 0 Å². The molecule has 0 aromatic heterocycles. The highest BCUT2D eigenvalue weighted by Crippen LogP contribution is 2.31. The number of nitrogens with zero attached hydrogens (tertiary/aromatic N) is 1. The molecular formula is C27H41NO3. The smallest absolute Gasteiger partial charge is 0.254 e. The second-order valence-corrected chi connectivity index (χ2v) is 8.32. The van der Waals surface area contributed by atoms with Crippen LogP contribution in [0.1, 0.15) is 83.1 Å². The summed E-state index contributed by atoms with van der Waals surface area (Å²) in [5.74, 6) is 0.562. The van der Waals surface area contributed by atoms with E-state index in [0.717, 1.165) is 25.7 Å². The number of rotatable bonds is 12. The van der Waals surface area contributed by atoms with Crippen LogP contribution in [0.5, 0.6) is 11.5 Å². The minimum absolute atomic E-state index is 0.0939. The molecule has 1 rings (SSSR count). The Morgan fingerprint density at radius 3 is 2.10 bits per heavy atom. The van der Waals surface area contributed by atoms with Crippen LogP contribution in [0.3, 0.4) is 0 Å². The molecule has 0 unspecified atom stereocenters. The van der Waals surface area contributed by atoms with Gasteiger partial charge < -0.3 is 14.7 Å². The quantitative estimate of drug-likeness (QED) is 0.371. The summed E-state index contributed by atoms with van der Waals surface area (Å²) in [7, 11) is 1.57. The van der Waals surface area contributed by atoms with Crippen LogP contribution in [0, 0.1) is 0 Å². The summed E-state index contributed by atoms with van der Waals surface area (Å²) in [6.45, 7) is 13.7. The van der Waals surface area contributed by atoms with E-state index in [9.17, 15) is 9.90 Å². The van der Waals surface area contributed by atoms with Crippen molar-refractivity contribution in [2.45, 2.75) is 73.6 Å². The maximum Gasteiger partial charge on any atom is 0.254 e. The monoisotopic (exact) mass is 427 g/mol. The van der Waals surface area contributed by atoms with Gasteiger partial charge in [0.1, 0.15) is 11.5 Å². The minimum atomic E-state index is -0.0939. The number of ether oxygens (including phenoxy) is 1. The molecule has 0 radical (unpaired) electrons. The van der Waals surface area contributed by atoms with E-state index < -0.39 is 0 Å². The number of methoxy groups -OCH3 is 1. The summed E-state index contributed by atoms with van der Waals surface area (Å²) in [5, 5.41) is 10.6. The second kappa shape index (κ2) is 13.7. The molecule has 0 aliphatic heterocycles. The average Bonchev–Trinajstić information content (AvgIpc) is 2.72. The number of benzene rings is 1. The molecule has 0 saturated carbocycles. The highest BCUT2D eigenvalue weighted by Gasteiger charge is 2.18. The Morgan fingerprint density at radius 2 is 1.55 bits per heavy atom. The molecule has 4 heteroatoms. The largest absolute Gasteiger partial charge is 0.507 e. The summed E-state index contributed by atoms with van der Waals surface area (Å²) >= 11 is 0. The molecule has 0 aliphatic carbocycles. The van der Waals surface area contributed by atoms with Gasteiger partial charge in [-0.2, -0.15) is 0 Å². The topological polar surface area (TPSA) is 49.8 Å². The Balaban J connectivity index is 2.80. The summed E-state index contributed by atoms with van der Waals surface area (Å²) in [4.78, 5) is 14.3. The van der Waals surface area contributed by atoms with Gasteiger partial charge in [0.2, 0.25) is 0 Å². The van der Waals surface area contributed by atoms with Crippen molar-refractivity contribution in [1.82, 2.24) is 4.90 Å². The van der Waals surface area contributed by atoms with Crippen molar-refractivity contribution in [3.05, 3.63) is 58.2 Å². The number of aromatic hydroxyl groups is 1. The zero-order valence-electron chi connectivity index (χ0n) is 20.5. The van der Waals surface area contributed by atoms with E-state index in [1.54, 1.807) is 24.1 Å². The molecule has 31 heavy (non-hydrogen) atoms. The summed E-state index contributed by atoms with van der Waals surface area (Å²) in [6.07, 6.45) is 11.5. The first-order valence-corrected chi connectivity index (χ1v) is 11.4. The molecule has 0 heterocycles. The molecular weight excluding hydrogens is 386 g/mol. The van der Waals surface area contributed by atoms with Gasteiger partial charge in [0.15, 0.2) is 0 Å². The number of phenols is 1. The van der Waals surface area contributed by atoms with Gasteiger partial charge >= 0.3 is 0 Å². The normalized spacial score (nSPS) is 12.0. The molecule has 4 nitrogen and oxygen atoms in total. The summed E-state index contributed by atoms with van der Waals surface area (Å²) in [5.41, 5.74) is 5.24. The fourth-order valence-electron chi connectivity index (χ4n) is 3.45. The standard InChI is InChI=1S/C27H41NO3/c1-8-28(9-2)27(30)23-18-25(29)24(26(19-23)31-7)17-16-22(6)15-11-14-21(5)13-10-12-20(3)4/h12,14,16,18-19,29H,8-11,13,15,17H2,1-7H3/b21-14+,22-16+. The van der Waals surface area contributed by atoms with Crippen LogP contribution in [0.25, 0.3) is 0 Å². The van der Waals surface area contributed by atoms with Gasteiger partial charge in [-0.1, -0.05) is 34.9 Å². The first kappa shape index (κ1) is 26.5. The molecule has 0 aliphatic rings. The van der Waals surface area contributed by atoms with Crippen LogP contribution < -0.4 is 4.74 Å². The van der Waals surface area contributed by atoms with Crippen molar-refractivity contribution in [3.8, 4) is 11.5 Å². The van der Waals surface area contributed by atoms with Crippen molar-refractivity contribution < 1.29 is 14.6 Å². The molecule has 172 valence electrons. The summed E-state index contributed by atoms with van der Waals surface area (Å²) in [6, 6.07) is 3.29. The Hall–Kier alpha value is -2.49. The average molecular weight is 428 g/mol. The Morgan fingerprint density at radius 1 is 0.968 bits per heavy atom. The van der Waals surface area contributed by atoms with Gasteiger partial charge in [-0.05, 0) is 85.8 Å². The molecule has 1 amide bonds. The van der Waals surface area contributed by atoms with E-state index in [0.29, 0.717) is 36.4 Å². The van der Waals surface area contributed by atoms with Gasteiger partial charge in [-0.25, -0.2) is 0 Å². The maximum absolute atomic E-state index is 12.6. The number of amides is 1. The van der Waals surface area contributed by atoms with Gasteiger partial charge in [0.25, 0.3) is 5.91 Å². The number of carbonyl (C=O) groups is 1. The molecule has 0 atom stereocenters. The lowest BCUT2D eigenvalue weighted by Crippen LogP contribution is -2.30. The Bertz CT molecular complexity index is 810. The molecule has 0 bridgehead atoms. The predicted octanol–water partition coefficient (Wildman–Crippen LogP) is 6.84. The lowest BCUT2D eigenvalue weighted by molar-refractivity contribution is 0.0772. The highest BCUT2D eigenvalue weighted by molar-refractivity contribution is 5.95. The number of allylic oxidation sites excluding steroid dienone is 6. The zero-order chi connectivity index (χ0) is 23.4. The first-order valence-electron chi connectivity index (χ1n) is 11.4. The third-order valence-corrected chi connectivity index (χ3v) is 5.48. The minimum Gasteiger partial charge on any atom is -0.507 e. The van der Waals surface area contributed by atoms with E-state index in [2.05, 4.69) is 45.9 Å². The van der Waals surface area contributed by atoms with Crippen molar-refractivity contribution >= 4 is 5.91 Å². The molecule has 1 aromatic carbocycles.